The van der Waals surface area contributed by atoms with Crippen LogP contribution in [0.2, 0.25) is 0 Å². The predicted octanol–water partition coefficient (Wildman–Crippen LogP) is -0.0943. The van der Waals surface area contributed by atoms with Crippen molar-refractivity contribution in [2.75, 3.05) is 5.75 Å². The van der Waals surface area contributed by atoms with Crippen LogP contribution in [0.15, 0.2) is 11.4 Å². The highest BCUT2D eigenvalue weighted by Crippen LogP contribution is 2.26. The number of carbonyl (C=O) groups is 1. The Morgan fingerprint density at radius 1 is 1.86 bits per heavy atom. The van der Waals surface area contributed by atoms with Gasteiger partial charge in [0.05, 0.1) is 5.75 Å². The molecule has 0 spiro atoms. The molecule has 14 heavy (non-hydrogen) atoms. The van der Waals surface area contributed by atoms with Crippen LogP contribution < -0.4 is 5.73 Å². The maximum atomic E-state index is 10.5. The molecule has 1 rings (SSSR count). The third-order valence-corrected chi connectivity index (χ3v) is 2.56. The normalized spacial score (nSPS) is 10.1. The van der Waals surface area contributed by atoms with Crippen molar-refractivity contribution in [3.05, 3.63) is 16.4 Å². The molecule has 0 atom stereocenters. The Labute approximate surface area is 83.4 Å². The second-order valence-electron chi connectivity index (χ2n) is 2.50. The van der Waals surface area contributed by atoms with Crippen LogP contribution in [0.1, 0.15) is 0 Å². The van der Waals surface area contributed by atoms with Gasteiger partial charge < -0.3 is 20.4 Å². The summed E-state index contributed by atoms with van der Waals surface area (Å²) in [6, 6.07) is 0. The van der Waals surface area contributed by atoms with Gasteiger partial charge in [-0.25, -0.2) is 0 Å². The summed E-state index contributed by atoms with van der Waals surface area (Å²) < 4.78 is 1.48. The summed E-state index contributed by atoms with van der Waals surface area (Å²) in [6.45, 7) is 0. The first-order valence-electron chi connectivity index (χ1n) is 3.59. The average molecular weight is 216 g/mol. The van der Waals surface area contributed by atoms with Crippen LogP contribution in [0, 0.1) is 10.1 Å². The number of thioether (sulfide) groups is 1. The maximum Gasteiger partial charge on any atom is 0.395 e. The molecular weight excluding hydrogens is 208 g/mol. The quantitative estimate of drug-likeness (QED) is 0.430. The fourth-order valence-corrected chi connectivity index (χ4v) is 1.62. The number of aryl methyl sites for hydroxylation is 1. The summed E-state index contributed by atoms with van der Waals surface area (Å²) in [5.74, 6) is -0.773. The zero-order chi connectivity index (χ0) is 10.7. The lowest BCUT2D eigenvalue weighted by Crippen LogP contribution is -2.13. The van der Waals surface area contributed by atoms with Gasteiger partial charge in [0.25, 0.3) is 0 Å². The minimum Gasteiger partial charge on any atom is -0.369 e. The Kier molecular flexibility index (Phi) is 3.07. The summed E-state index contributed by atoms with van der Waals surface area (Å²) in [5, 5.41) is 10.8. The molecule has 0 saturated carbocycles. The van der Waals surface area contributed by atoms with Crippen LogP contribution in [0.5, 0.6) is 0 Å². The lowest BCUT2D eigenvalue weighted by atomic mass is 10.7. The number of nitro groups is 1. The van der Waals surface area contributed by atoms with Crippen LogP contribution in [-0.2, 0) is 11.8 Å². The number of hydrogen-bond donors (Lipinski definition) is 1. The molecule has 0 saturated heterocycles. The van der Waals surface area contributed by atoms with Gasteiger partial charge in [0.15, 0.2) is 5.03 Å². The number of aromatic nitrogens is 2. The number of rotatable bonds is 4. The molecule has 76 valence electrons. The van der Waals surface area contributed by atoms with Crippen molar-refractivity contribution in [3.63, 3.8) is 0 Å². The predicted molar refractivity (Wildman–Crippen MR) is 49.8 cm³/mol. The van der Waals surface area contributed by atoms with Crippen LogP contribution in [0.4, 0.5) is 5.82 Å². The summed E-state index contributed by atoms with van der Waals surface area (Å²) in [5.41, 5.74) is 4.93. The summed E-state index contributed by atoms with van der Waals surface area (Å²) in [7, 11) is 1.61. The van der Waals surface area contributed by atoms with E-state index < -0.39 is 10.8 Å². The van der Waals surface area contributed by atoms with E-state index in [9.17, 15) is 14.9 Å². The van der Waals surface area contributed by atoms with Gasteiger partial charge in [-0.05, 0) is 9.91 Å². The van der Waals surface area contributed by atoms with Crippen molar-refractivity contribution in [1.82, 2.24) is 9.55 Å². The minimum atomic E-state index is -0.594. The van der Waals surface area contributed by atoms with E-state index in [1.54, 1.807) is 7.05 Å². The summed E-state index contributed by atoms with van der Waals surface area (Å²) >= 11 is 1.00. The molecule has 1 amide bonds. The molecule has 0 aliphatic rings. The van der Waals surface area contributed by atoms with Gasteiger partial charge in [-0.1, -0.05) is 11.8 Å². The topological polar surface area (TPSA) is 104 Å². The molecule has 1 aromatic rings. The van der Waals surface area contributed by atoms with Crippen molar-refractivity contribution in [2.45, 2.75) is 5.03 Å². The Hall–Kier alpha value is -1.57. The lowest BCUT2D eigenvalue weighted by molar-refractivity contribution is -0.392. The molecule has 2 N–H and O–H groups in total. The number of primary amides is 1. The fourth-order valence-electron chi connectivity index (χ4n) is 0.838. The van der Waals surface area contributed by atoms with E-state index in [0.29, 0.717) is 5.03 Å². The zero-order valence-corrected chi connectivity index (χ0v) is 8.15. The molecule has 0 unspecified atom stereocenters. The van der Waals surface area contributed by atoms with Crippen molar-refractivity contribution in [2.24, 2.45) is 12.8 Å². The molecule has 0 aliphatic carbocycles. The number of carbonyl (C=O) groups excluding carboxylic acids is 1. The molecule has 0 aromatic carbocycles. The zero-order valence-electron chi connectivity index (χ0n) is 7.34. The number of hydrogen-bond acceptors (Lipinski definition) is 5. The first kappa shape index (κ1) is 10.5. The lowest BCUT2D eigenvalue weighted by Gasteiger charge is -1.98. The van der Waals surface area contributed by atoms with Gasteiger partial charge in [-0.15, -0.1) is 0 Å². The number of amides is 1. The van der Waals surface area contributed by atoms with Gasteiger partial charge in [-0.2, -0.15) is 0 Å². The number of imidazole rings is 1. The molecule has 0 fully saturated rings. The minimum absolute atomic E-state index is 0.000370. The van der Waals surface area contributed by atoms with Gasteiger partial charge in [-0.3, -0.25) is 4.79 Å². The molecule has 1 heterocycles. The van der Waals surface area contributed by atoms with E-state index in [1.165, 1.54) is 10.9 Å². The highest BCUT2D eigenvalue weighted by atomic mass is 32.2. The SMILES string of the molecule is Cn1cnc([N+](=O)[O-])c1SCC(N)=O. The molecule has 0 bridgehead atoms. The maximum absolute atomic E-state index is 10.5. The summed E-state index contributed by atoms with van der Waals surface area (Å²) in [4.78, 5) is 24.0. The fraction of sp³-hybridized carbons (Fsp3) is 0.333. The van der Waals surface area contributed by atoms with Gasteiger partial charge in [0, 0.05) is 7.05 Å². The van der Waals surface area contributed by atoms with Gasteiger partial charge in [0.2, 0.25) is 12.2 Å². The van der Waals surface area contributed by atoms with E-state index in [-0.39, 0.29) is 11.6 Å². The van der Waals surface area contributed by atoms with Crippen LogP contribution in [0.3, 0.4) is 0 Å². The van der Waals surface area contributed by atoms with Crippen molar-refractivity contribution in [3.8, 4) is 0 Å². The van der Waals surface area contributed by atoms with Crippen molar-refractivity contribution >= 4 is 23.5 Å². The first-order valence-corrected chi connectivity index (χ1v) is 4.57. The van der Waals surface area contributed by atoms with E-state index in [0.717, 1.165) is 11.8 Å². The van der Waals surface area contributed by atoms with Crippen LogP contribution >= 0.6 is 11.8 Å². The second kappa shape index (κ2) is 4.09. The number of nitrogens with zero attached hydrogens (tertiary/aromatic N) is 3. The largest absolute Gasteiger partial charge is 0.395 e. The number of nitrogens with two attached hydrogens (primary N) is 1. The monoisotopic (exact) mass is 216 g/mol. The third-order valence-electron chi connectivity index (χ3n) is 1.39. The molecule has 1 aromatic heterocycles. The Balaban J connectivity index is 2.88. The van der Waals surface area contributed by atoms with Crippen LogP contribution in [-0.4, -0.2) is 26.1 Å². The second-order valence-corrected chi connectivity index (χ2v) is 3.46. The Morgan fingerprint density at radius 2 is 2.50 bits per heavy atom. The molecule has 0 aliphatic heterocycles. The third kappa shape index (κ3) is 2.22. The van der Waals surface area contributed by atoms with E-state index >= 15 is 0 Å². The Bertz CT molecular complexity index is 375. The average Bonchev–Trinajstić information content (AvgIpc) is 2.43. The van der Waals surface area contributed by atoms with E-state index in [2.05, 4.69) is 4.98 Å². The molecule has 0 radical (unpaired) electrons. The summed E-state index contributed by atoms with van der Waals surface area (Å²) in [6.07, 6.45) is 1.32. The van der Waals surface area contributed by atoms with Crippen molar-refractivity contribution in [1.29, 1.82) is 0 Å². The molecular formula is C6H8N4O3S. The van der Waals surface area contributed by atoms with Crippen molar-refractivity contribution < 1.29 is 9.72 Å². The standard InChI is InChI=1S/C6H8N4O3S/c1-9-3-8-5(10(12)13)6(9)14-2-4(7)11/h3H,2H2,1H3,(H2,7,11). The molecule has 7 nitrogen and oxygen atoms in total. The van der Waals surface area contributed by atoms with Crippen LogP contribution in [0.25, 0.3) is 0 Å². The highest BCUT2D eigenvalue weighted by Gasteiger charge is 2.20. The molecule has 8 heteroatoms. The Morgan fingerprint density at radius 3 is 3.00 bits per heavy atom. The van der Waals surface area contributed by atoms with E-state index in [1.807, 2.05) is 0 Å². The van der Waals surface area contributed by atoms with E-state index in [4.69, 9.17) is 5.73 Å². The highest BCUT2D eigenvalue weighted by molar-refractivity contribution is 8.00. The first-order chi connectivity index (χ1) is 6.52. The van der Waals surface area contributed by atoms with Gasteiger partial charge >= 0.3 is 5.82 Å². The van der Waals surface area contributed by atoms with Gasteiger partial charge in [0.1, 0.15) is 0 Å². The smallest absolute Gasteiger partial charge is 0.369 e.